The van der Waals surface area contributed by atoms with Crippen molar-refractivity contribution >= 4 is 5.97 Å². The second-order valence-electron chi connectivity index (χ2n) is 5.28. The Hall–Kier alpha value is -0.610. The third-order valence-electron chi connectivity index (χ3n) is 4.36. The molecule has 1 saturated carbocycles. The molecule has 2 unspecified atom stereocenters. The van der Waals surface area contributed by atoms with Crippen LogP contribution in [0.2, 0.25) is 0 Å². The van der Waals surface area contributed by atoms with Crippen LogP contribution in [0.25, 0.3) is 0 Å². The van der Waals surface area contributed by atoms with E-state index in [1.54, 1.807) is 7.11 Å². The first kappa shape index (κ1) is 11.9. The highest BCUT2D eigenvalue weighted by molar-refractivity contribution is 5.68. The van der Waals surface area contributed by atoms with Gasteiger partial charge in [0.05, 0.1) is 12.0 Å². The van der Waals surface area contributed by atoms with Crippen molar-refractivity contribution in [2.24, 2.45) is 11.8 Å². The van der Waals surface area contributed by atoms with Gasteiger partial charge >= 0.3 is 5.97 Å². The number of hydrogen-bond donors (Lipinski definition) is 1. The van der Waals surface area contributed by atoms with Crippen LogP contribution < -0.4 is 0 Å². The second kappa shape index (κ2) is 4.34. The van der Waals surface area contributed by atoms with E-state index in [9.17, 15) is 4.79 Å². The van der Waals surface area contributed by atoms with Crippen LogP contribution in [0.15, 0.2) is 0 Å². The molecule has 1 aliphatic heterocycles. The van der Waals surface area contributed by atoms with E-state index in [4.69, 9.17) is 9.84 Å². The molecule has 2 fully saturated rings. The molecule has 92 valence electrons. The number of methoxy groups -OCH3 is 1. The molecule has 1 aliphatic carbocycles. The minimum absolute atomic E-state index is 0.159. The lowest BCUT2D eigenvalue weighted by Gasteiger charge is -2.54. The molecule has 16 heavy (non-hydrogen) atoms. The number of hydrogen-bond acceptors (Lipinski definition) is 3. The van der Waals surface area contributed by atoms with Gasteiger partial charge in [-0.1, -0.05) is 6.42 Å². The summed E-state index contributed by atoms with van der Waals surface area (Å²) in [6.45, 7) is 1.94. The molecular weight excluding hydrogens is 206 g/mol. The summed E-state index contributed by atoms with van der Waals surface area (Å²) in [7, 11) is 3.80. The van der Waals surface area contributed by atoms with E-state index in [-0.39, 0.29) is 6.42 Å². The standard InChI is InChI=1S/C12H21NO3/c1-13-7-9-4-3-5-10(8-13)12(9,16-2)6-11(14)15/h9-10H,3-8H2,1-2H3,(H,14,15). The van der Waals surface area contributed by atoms with E-state index in [1.165, 1.54) is 6.42 Å². The van der Waals surface area contributed by atoms with Gasteiger partial charge in [-0.25, -0.2) is 0 Å². The minimum atomic E-state index is -0.733. The SMILES string of the molecule is COC1(CC(=O)O)C2CCCC1CN(C)C2. The second-order valence-corrected chi connectivity index (χ2v) is 5.28. The summed E-state index contributed by atoms with van der Waals surface area (Å²) in [4.78, 5) is 13.4. The van der Waals surface area contributed by atoms with Crippen LogP contribution in [-0.2, 0) is 9.53 Å². The number of rotatable bonds is 3. The van der Waals surface area contributed by atoms with Crippen molar-refractivity contribution in [2.75, 3.05) is 27.2 Å². The Bertz CT molecular complexity index is 265. The number of ether oxygens (including phenoxy) is 1. The van der Waals surface area contributed by atoms with Gasteiger partial charge < -0.3 is 14.7 Å². The van der Waals surface area contributed by atoms with Crippen molar-refractivity contribution < 1.29 is 14.6 Å². The fourth-order valence-electron chi connectivity index (χ4n) is 3.68. The Kier molecular flexibility index (Phi) is 3.22. The summed E-state index contributed by atoms with van der Waals surface area (Å²) in [5.74, 6) is 0.0282. The van der Waals surface area contributed by atoms with Crippen LogP contribution in [0.3, 0.4) is 0 Å². The Morgan fingerprint density at radius 2 is 2.00 bits per heavy atom. The largest absolute Gasteiger partial charge is 0.481 e. The number of carboxylic acids is 1. The molecule has 4 heteroatoms. The maximum atomic E-state index is 11.1. The number of carbonyl (C=O) groups is 1. The Balaban J connectivity index is 2.25. The Morgan fingerprint density at radius 3 is 2.44 bits per heavy atom. The van der Waals surface area contributed by atoms with Gasteiger partial charge in [0.1, 0.15) is 0 Å². The summed E-state index contributed by atoms with van der Waals surface area (Å²) >= 11 is 0. The molecule has 1 saturated heterocycles. The molecule has 0 radical (unpaired) electrons. The summed E-state index contributed by atoms with van der Waals surface area (Å²) < 4.78 is 5.70. The molecule has 1 N–H and O–H groups in total. The topological polar surface area (TPSA) is 49.8 Å². The zero-order chi connectivity index (χ0) is 11.8. The molecule has 2 atom stereocenters. The van der Waals surface area contributed by atoms with Crippen molar-refractivity contribution in [3.05, 3.63) is 0 Å². The average molecular weight is 227 g/mol. The highest BCUT2D eigenvalue weighted by Crippen LogP contribution is 2.46. The molecule has 4 nitrogen and oxygen atoms in total. The molecule has 0 aromatic rings. The van der Waals surface area contributed by atoms with E-state index in [0.717, 1.165) is 25.9 Å². The van der Waals surface area contributed by atoms with Gasteiger partial charge in [-0.15, -0.1) is 0 Å². The molecule has 0 aromatic carbocycles. The number of fused-ring (bicyclic) bond motifs is 2. The smallest absolute Gasteiger partial charge is 0.306 e. The maximum Gasteiger partial charge on any atom is 0.306 e. The van der Waals surface area contributed by atoms with Crippen molar-refractivity contribution in [1.82, 2.24) is 4.90 Å². The van der Waals surface area contributed by atoms with Gasteiger partial charge in [0.15, 0.2) is 0 Å². The summed E-state index contributed by atoms with van der Waals surface area (Å²) in [6, 6.07) is 0. The number of nitrogens with zero attached hydrogens (tertiary/aromatic N) is 1. The van der Waals surface area contributed by atoms with Crippen molar-refractivity contribution in [2.45, 2.75) is 31.3 Å². The van der Waals surface area contributed by atoms with Gasteiger partial charge in [0.25, 0.3) is 0 Å². The fraction of sp³-hybridized carbons (Fsp3) is 0.917. The minimum Gasteiger partial charge on any atom is -0.481 e. The van der Waals surface area contributed by atoms with E-state index >= 15 is 0 Å². The molecule has 2 aliphatic rings. The zero-order valence-corrected chi connectivity index (χ0v) is 10.1. The average Bonchev–Trinajstić information content (AvgIpc) is 2.18. The van der Waals surface area contributed by atoms with E-state index in [1.807, 2.05) is 0 Å². The van der Waals surface area contributed by atoms with Crippen LogP contribution in [0.1, 0.15) is 25.7 Å². The monoisotopic (exact) mass is 227 g/mol. The fourth-order valence-corrected chi connectivity index (χ4v) is 3.68. The van der Waals surface area contributed by atoms with Gasteiger partial charge in [-0.05, 0) is 19.9 Å². The lowest BCUT2D eigenvalue weighted by molar-refractivity contribution is -0.177. The highest BCUT2D eigenvalue weighted by atomic mass is 16.5. The maximum absolute atomic E-state index is 11.1. The molecule has 2 rings (SSSR count). The third kappa shape index (κ3) is 1.84. The predicted molar refractivity (Wildman–Crippen MR) is 60.3 cm³/mol. The van der Waals surface area contributed by atoms with Crippen LogP contribution in [0.4, 0.5) is 0 Å². The first-order valence-corrected chi connectivity index (χ1v) is 6.04. The summed E-state index contributed by atoms with van der Waals surface area (Å²) in [5, 5.41) is 9.09. The first-order chi connectivity index (χ1) is 7.58. The molecule has 0 spiro atoms. The van der Waals surface area contributed by atoms with Gasteiger partial charge in [0.2, 0.25) is 0 Å². The van der Waals surface area contributed by atoms with E-state index in [2.05, 4.69) is 11.9 Å². The van der Waals surface area contributed by atoms with Crippen LogP contribution in [-0.4, -0.2) is 48.8 Å². The van der Waals surface area contributed by atoms with E-state index < -0.39 is 11.6 Å². The summed E-state index contributed by atoms with van der Waals surface area (Å²) in [5.41, 5.74) is -0.406. The first-order valence-electron chi connectivity index (χ1n) is 6.04. The molecule has 0 amide bonds. The summed E-state index contributed by atoms with van der Waals surface area (Å²) in [6.07, 6.45) is 3.57. The van der Waals surface area contributed by atoms with Gasteiger partial charge in [-0.3, -0.25) is 4.79 Å². The van der Waals surface area contributed by atoms with Crippen LogP contribution >= 0.6 is 0 Å². The third-order valence-corrected chi connectivity index (χ3v) is 4.36. The molecule has 1 heterocycles. The van der Waals surface area contributed by atoms with Crippen molar-refractivity contribution in [3.63, 3.8) is 0 Å². The lowest BCUT2D eigenvalue weighted by atomic mass is 9.64. The number of piperidine rings is 1. The molecular formula is C12H21NO3. The normalized spacial score (nSPS) is 39.6. The number of likely N-dealkylation sites (tertiary alicyclic amines) is 1. The Labute approximate surface area is 96.6 Å². The van der Waals surface area contributed by atoms with Crippen molar-refractivity contribution in [3.8, 4) is 0 Å². The van der Waals surface area contributed by atoms with Crippen LogP contribution in [0.5, 0.6) is 0 Å². The Morgan fingerprint density at radius 1 is 1.44 bits per heavy atom. The number of aliphatic carboxylic acids is 1. The van der Waals surface area contributed by atoms with Gasteiger partial charge in [0, 0.05) is 32.0 Å². The predicted octanol–water partition coefficient (Wildman–Crippen LogP) is 1.21. The quantitative estimate of drug-likeness (QED) is 0.787. The molecule has 2 bridgehead atoms. The van der Waals surface area contributed by atoms with Gasteiger partial charge in [-0.2, -0.15) is 0 Å². The van der Waals surface area contributed by atoms with Crippen LogP contribution in [0, 0.1) is 11.8 Å². The zero-order valence-electron chi connectivity index (χ0n) is 10.1. The number of carboxylic acid groups (broad SMARTS) is 1. The highest BCUT2D eigenvalue weighted by Gasteiger charge is 2.52. The molecule has 0 aromatic heterocycles. The van der Waals surface area contributed by atoms with E-state index in [0.29, 0.717) is 11.8 Å². The van der Waals surface area contributed by atoms with Crippen molar-refractivity contribution in [1.29, 1.82) is 0 Å². The lowest BCUT2D eigenvalue weighted by Crippen LogP contribution is -2.61.